The Morgan fingerprint density at radius 2 is 2.11 bits per heavy atom. The number of aromatic nitrogens is 2. The van der Waals surface area contributed by atoms with Gasteiger partial charge in [0, 0.05) is 13.7 Å². The number of methoxy groups -OCH3 is 1. The molecule has 6 nitrogen and oxygen atoms in total. The van der Waals surface area contributed by atoms with Crippen molar-refractivity contribution in [2.24, 2.45) is 5.73 Å². The van der Waals surface area contributed by atoms with Crippen LogP contribution in [0.3, 0.4) is 0 Å². The maximum Gasteiger partial charge on any atom is 0.243 e. The van der Waals surface area contributed by atoms with Crippen LogP contribution in [-0.4, -0.2) is 23.9 Å². The lowest BCUT2D eigenvalue weighted by Crippen LogP contribution is -2.13. The van der Waals surface area contributed by atoms with Gasteiger partial charge >= 0.3 is 0 Å². The van der Waals surface area contributed by atoms with E-state index in [9.17, 15) is 0 Å². The Morgan fingerprint density at radius 1 is 1.32 bits per heavy atom. The van der Waals surface area contributed by atoms with Gasteiger partial charge in [0.1, 0.15) is 5.75 Å². The van der Waals surface area contributed by atoms with Crippen LogP contribution in [0.25, 0.3) is 0 Å². The highest BCUT2D eigenvalue weighted by atomic mass is 16.5. The minimum Gasteiger partial charge on any atom is -0.485 e. The third-order valence-corrected chi connectivity index (χ3v) is 2.55. The Bertz CT molecular complexity index is 487. The van der Waals surface area contributed by atoms with Crippen LogP contribution in [-0.2, 0) is 11.3 Å². The van der Waals surface area contributed by atoms with Gasteiger partial charge in [0.2, 0.25) is 11.7 Å². The lowest BCUT2D eigenvalue weighted by Gasteiger charge is -2.04. The molecule has 0 saturated carbocycles. The molecule has 6 heteroatoms. The summed E-state index contributed by atoms with van der Waals surface area (Å²) >= 11 is 0. The van der Waals surface area contributed by atoms with Crippen LogP contribution < -0.4 is 10.5 Å². The van der Waals surface area contributed by atoms with Gasteiger partial charge in [0.05, 0.1) is 6.04 Å². The minimum absolute atomic E-state index is 0.254. The van der Waals surface area contributed by atoms with Gasteiger partial charge in [0.25, 0.3) is 0 Å². The Balaban J connectivity index is 1.87. The number of hydrogen-bond acceptors (Lipinski definition) is 6. The largest absolute Gasteiger partial charge is 0.485 e. The molecule has 0 aliphatic heterocycles. The zero-order chi connectivity index (χ0) is 13.5. The number of hydrogen-bond donors (Lipinski definition) is 1. The third-order valence-electron chi connectivity index (χ3n) is 2.55. The number of nitrogens with two attached hydrogens (primary N) is 1. The zero-order valence-corrected chi connectivity index (χ0v) is 10.8. The first-order valence-electron chi connectivity index (χ1n) is 6.04. The quantitative estimate of drug-likeness (QED) is 0.818. The summed E-state index contributed by atoms with van der Waals surface area (Å²) in [5, 5.41) is 3.83. The summed E-state index contributed by atoms with van der Waals surface area (Å²) in [7, 11) is 1.62. The van der Waals surface area contributed by atoms with Gasteiger partial charge in [-0.1, -0.05) is 23.4 Å². The standard InChI is InChI=1S/C13H17N3O3/c1-17-8-7-11(14)13-15-12(16-19-13)9-18-10-5-3-2-4-6-10/h2-6,11H,7-9,14H2,1H3. The van der Waals surface area contributed by atoms with Gasteiger partial charge in [-0.3, -0.25) is 0 Å². The molecule has 1 aromatic carbocycles. The maximum atomic E-state index is 5.88. The van der Waals surface area contributed by atoms with Crippen molar-refractivity contribution < 1.29 is 14.0 Å². The molecule has 0 fully saturated rings. The number of benzene rings is 1. The molecule has 0 aliphatic rings. The molecular formula is C13H17N3O3. The number of ether oxygens (including phenoxy) is 2. The van der Waals surface area contributed by atoms with Gasteiger partial charge in [-0.25, -0.2) is 0 Å². The van der Waals surface area contributed by atoms with Crippen LogP contribution in [0, 0.1) is 0 Å². The minimum atomic E-state index is -0.307. The molecule has 0 aliphatic carbocycles. The second-order valence-electron chi connectivity index (χ2n) is 4.04. The molecule has 102 valence electrons. The molecule has 19 heavy (non-hydrogen) atoms. The number of nitrogens with zero attached hydrogens (tertiary/aromatic N) is 2. The molecular weight excluding hydrogens is 246 g/mol. The summed E-state index contributed by atoms with van der Waals surface area (Å²) < 4.78 is 15.6. The molecule has 2 rings (SSSR count). The smallest absolute Gasteiger partial charge is 0.243 e. The molecule has 2 aromatic rings. The summed E-state index contributed by atoms with van der Waals surface area (Å²) in [6.45, 7) is 0.809. The van der Waals surface area contributed by atoms with Crippen molar-refractivity contribution in [1.29, 1.82) is 0 Å². The Hall–Kier alpha value is -1.92. The van der Waals surface area contributed by atoms with Gasteiger partial charge in [0.15, 0.2) is 6.61 Å². The van der Waals surface area contributed by atoms with E-state index in [0.29, 0.717) is 24.7 Å². The van der Waals surface area contributed by atoms with Crippen LogP contribution in [0.1, 0.15) is 24.2 Å². The van der Waals surface area contributed by atoms with Crippen LogP contribution >= 0.6 is 0 Å². The molecule has 1 unspecified atom stereocenters. The van der Waals surface area contributed by atoms with Crippen molar-refractivity contribution in [1.82, 2.24) is 10.1 Å². The molecule has 1 atom stereocenters. The van der Waals surface area contributed by atoms with E-state index in [1.54, 1.807) is 7.11 Å². The summed E-state index contributed by atoms with van der Waals surface area (Å²) in [6.07, 6.45) is 0.637. The molecule has 0 amide bonds. The van der Waals surface area contributed by atoms with Crippen molar-refractivity contribution in [3.05, 3.63) is 42.0 Å². The first-order chi connectivity index (χ1) is 9.29. The predicted octanol–water partition coefficient (Wildman–Crippen LogP) is 1.68. The van der Waals surface area contributed by atoms with Crippen LogP contribution in [0.4, 0.5) is 0 Å². The highest BCUT2D eigenvalue weighted by Crippen LogP contribution is 2.13. The van der Waals surface area contributed by atoms with Crippen LogP contribution in [0.15, 0.2) is 34.9 Å². The zero-order valence-electron chi connectivity index (χ0n) is 10.8. The molecule has 2 N–H and O–H groups in total. The molecule has 0 saturated heterocycles. The van der Waals surface area contributed by atoms with Crippen LogP contribution in [0.2, 0.25) is 0 Å². The fraction of sp³-hybridized carbons (Fsp3) is 0.385. The van der Waals surface area contributed by atoms with Crippen molar-refractivity contribution in [3.8, 4) is 5.75 Å². The number of rotatable bonds is 7. The van der Waals surface area contributed by atoms with Gasteiger partial charge in [-0.05, 0) is 18.6 Å². The molecule has 1 heterocycles. The Morgan fingerprint density at radius 3 is 2.84 bits per heavy atom. The van der Waals surface area contributed by atoms with Gasteiger partial charge < -0.3 is 19.7 Å². The summed E-state index contributed by atoms with van der Waals surface area (Å²) in [5.41, 5.74) is 5.88. The van der Waals surface area contributed by atoms with Crippen molar-refractivity contribution in [2.45, 2.75) is 19.1 Å². The molecule has 1 aromatic heterocycles. The van der Waals surface area contributed by atoms with Crippen LogP contribution in [0.5, 0.6) is 5.75 Å². The average molecular weight is 263 g/mol. The van der Waals surface area contributed by atoms with E-state index in [4.69, 9.17) is 19.7 Å². The summed E-state index contributed by atoms with van der Waals surface area (Å²) in [5.74, 6) is 1.65. The van der Waals surface area contributed by atoms with E-state index in [2.05, 4.69) is 10.1 Å². The first-order valence-corrected chi connectivity index (χ1v) is 6.04. The maximum absolute atomic E-state index is 5.88. The summed E-state index contributed by atoms with van der Waals surface area (Å²) in [6, 6.07) is 9.15. The van der Waals surface area contributed by atoms with Crippen molar-refractivity contribution in [3.63, 3.8) is 0 Å². The molecule has 0 spiro atoms. The van der Waals surface area contributed by atoms with E-state index < -0.39 is 0 Å². The second kappa shape index (κ2) is 6.86. The Labute approximate surface area is 111 Å². The van der Waals surface area contributed by atoms with Gasteiger partial charge in [-0.2, -0.15) is 4.98 Å². The Kier molecular flexibility index (Phi) is 4.88. The van der Waals surface area contributed by atoms with E-state index >= 15 is 0 Å². The fourth-order valence-corrected chi connectivity index (χ4v) is 1.51. The fourth-order valence-electron chi connectivity index (χ4n) is 1.51. The topological polar surface area (TPSA) is 83.4 Å². The van der Waals surface area contributed by atoms with E-state index in [1.807, 2.05) is 30.3 Å². The third kappa shape index (κ3) is 4.04. The van der Waals surface area contributed by atoms with Crippen molar-refractivity contribution in [2.75, 3.05) is 13.7 Å². The highest BCUT2D eigenvalue weighted by molar-refractivity contribution is 5.20. The average Bonchev–Trinajstić information content (AvgIpc) is 2.92. The van der Waals surface area contributed by atoms with E-state index in [0.717, 1.165) is 5.75 Å². The number of para-hydroxylation sites is 1. The lowest BCUT2D eigenvalue weighted by atomic mass is 10.2. The molecule has 0 radical (unpaired) electrons. The summed E-state index contributed by atoms with van der Waals surface area (Å²) in [4.78, 5) is 4.19. The first kappa shape index (κ1) is 13.5. The van der Waals surface area contributed by atoms with E-state index in [1.165, 1.54) is 0 Å². The highest BCUT2D eigenvalue weighted by Gasteiger charge is 2.14. The second-order valence-corrected chi connectivity index (χ2v) is 4.04. The monoisotopic (exact) mass is 263 g/mol. The predicted molar refractivity (Wildman–Crippen MR) is 68.5 cm³/mol. The normalized spacial score (nSPS) is 12.3. The molecule has 0 bridgehead atoms. The van der Waals surface area contributed by atoms with E-state index in [-0.39, 0.29) is 12.6 Å². The van der Waals surface area contributed by atoms with Gasteiger partial charge in [-0.15, -0.1) is 0 Å². The van der Waals surface area contributed by atoms with Crippen molar-refractivity contribution >= 4 is 0 Å². The SMILES string of the molecule is COCCC(N)c1nc(COc2ccccc2)no1. The lowest BCUT2D eigenvalue weighted by molar-refractivity contribution is 0.182.